The van der Waals surface area contributed by atoms with Crippen LogP contribution in [0.15, 0.2) is 53.4 Å². The normalized spacial score (nSPS) is 11.6. The van der Waals surface area contributed by atoms with Crippen molar-refractivity contribution in [3.63, 3.8) is 0 Å². The molecule has 2 amide bonds. The smallest absolute Gasteiger partial charge is 0.242 e. The molecule has 32 heavy (non-hydrogen) atoms. The van der Waals surface area contributed by atoms with Crippen LogP contribution in [0.4, 0.5) is 0 Å². The van der Waals surface area contributed by atoms with Crippen molar-refractivity contribution < 1.29 is 14.3 Å². The summed E-state index contributed by atoms with van der Waals surface area (Å²) < 4.78 is 5.23. The first-order valence-electron chi connectivity index (χ1n) is 11.1. The predicted molar refractivity (Wildman–Crippen MR) is 132 cm³/mol. The summed E-state index contributed by atoms with van der Waals surface area (Å²) in [4.78, 5) is 28.9. The van der Waals surface area contributed by atoms with Gasteiger partial charge in [-0.2, -0.15) is 0 Å². The molecule has 0 spiro atoms. The van der Waals surface area contributed by atoms with Crippen LogP contribution in [0.25, 0.3) is 0 Å². The molecule has 0 aromatic heterocycles. The van der Waals surface area contributed by atoms with Gasteiger partial charge in [0.1, 0.15) is 11.8 Å². The zero-order valence-electron chi connectivity index (χ0n) is 19.1. The number of thioether (sulfide) groups is 1. The highest BCUT2D eigenvalue weighted by Crippen LogP contribution is 2.22. The highest BCUT2D eigenvalue weighted by atomic mass is 35.5. The van der Waals surface area contributed by atoms with Crippen LogP contribution in [-0.2, 0) is 16.1 Å². The number of nitrogens with one attached hydrogen (secondary N) is 1. The quantitative estimate of drug-likeness (QED) is 0.304. The molecule has 174 valence electrons. The number of nitrogens with zero attached hydrogens (tertiary/aromatic N) is 1. The summed E-state index contributed by atoms with van der Waals surface area (Å²) in [6, 6.07) is 14.7. The van der Waals surface area contributed by atoms with Gasteiger partial charge in [0, 0.05) is 35.2 Å². The number of methoxy groups -OCH3 is 1. The van der Waals surface area contributed by atoms with E-state index in [2.05, 4.69) is 12.2 Å². The lowest BCUT2D eigenvalue weighted by Gasteiger charge is -2.30. The van der Waals surface area contributed by atoms with Gasteiger partial charge in [-0.3, -0.25) is 9.59 Å². The van der Waals surface area contributed by atoms with Crippen LogP contribution in [0.1, 0.15) is 45.1 Å². The number of rotatable bonds is 13. The first-order valence-corrected chi connectivity index (χ1v) is 12.4. The second kappa shape index (κ2) is 14.1. The average Bonchev–Trinajstić information content (AvgIpc) is 2.80. The predicted octanol–water partition coefficient (Wildman–Crippen LogP) is 5.55. The van der Waals surface area contributed by atoms with Crippen molar-refractivity contribution in [3.05, 3.63) is 59.1 Å². The molecule has 0 fully saturated rings. The Hall–Kier alpha value is -2.18. The maximum Gasteiger partial charge on any atom is 0.242 e. The summed E-state index contributed by atoms with van der Waals surface area (Å²) in [6.07, 6.45) is 2.84. The van der Waals surface area contributed by atoms with Gasteiger partial charge in [-0.05, 0) is 54.8 Å². The summed E-state index contributed by atoms with van der Waals surface area (Å²) in [6.45, 7) is 5.04. The summed E-state index contributed by atoms with van der Waals surface area (Å²) in [5.74, 6) is 1.27. The van der Waals surface area contributed by atoms with Crippen LogP contribution in [0.2, 0.25) is 5.02 Å². The number of hydrogen-bond acceptors (Lipinski definition) is 4. The van der Waals surface area contributed by atoms with Crippen molar-refractivity contribution in [1.29, 1.82) is 0 Å². The molecule has 2 aromatic rings. The fraction of sp³-hybridized carbons (Fsp3) is 0.440. The SMILES string of the molecule is CCCCNC(=O)C(CC)N(Cc1ccc(OC)cc1)C(=O)CCSc1ccc(Cl)cc1. The van der Waals surface area contributed by atoms with E-state index >= 15 is 0 Å². The standard InChI is InChI=1S/C25H33ClN2O3S/c1-4-6-16-27-25(30)23(5-2)28(18-19-7-11-21(31-3)12-8-19)24(29)15-17-32-22-13-9-20(26)10-14-22/h7-14,23H,4-6,15-18H2,1-3H3,(H,27,30). The van der Waals surface area contributed by atoms with E-state index in [0.717, 1.165) is 29.1 Å². The Morgan fingerprint density at radius 3 is 2.38 bits per heavy atom. The maximum absolute atomic E-state index is 13.2. The van der Waals surface area contributed by atoms with E-state index < -0.39 is 6.04 Å². The Balaban J connectivity index is 2.09. The third-order valence-electron chi connectivity index (χ3n) is 5.13. The zero-order valence-corrected chi connectivity index (χ0v) is 20.7. The Kier molecular flexibility index (Phi) is 11.5. The molecule has 2 aromatic carbocycles. The minimum Gasteiger partial charge on any atom is -0.497 e. The minimum absolute atomic E-state index is 0.0280. The Morgan fingerprint density at radius 1 is 1.09 bits per heavy atom. The number of hydrogen-bond donors (Lipinski definition) is 1. The number of carbonyl (C=O) groups is 2. The Morgan fingerprint density at radius 2 is 1.78 bits per heavy atom. The fourth-order valence-electron chi connectivity index (χ4n) is 3.28. The summed E-state index contributed by atoms with van der Waals surface area (Å²) in [7, 11) is 1.62. The number of halogens is 1. The first-order chi connectivity index (χ1) is 15.5. The monoisotopic (exact) mass is 476 g/mol. The molecule has 1 unspecified atom stereocenters. The van der Waals surface area contributed by atoms with Gasteiger partial charge >= 0.3 is 0 Å². The Labute approximate surface area is 200 Å². The zero-order chi connectivity index (χ0) is 23.3. The molecule has 0 saturated heterocycles. The largest absolute Gasteiger partial charge is 0.497 e. The highest BCUT2D eigenvalue weighted by Gasteiger charge is 2.28. The van der Waals surface area contributed by atoms with Crippen LogP contribution < -0.4 is 10.1 Å². The van der Waals surface area contributed by atoms with E-state index in [0.29, 0.717) is 36.7 Å². The highest BCUT2D eigenvalue weighted by molar-refractivity contribution is 7.99. The third-order valence-corrected chi connectivity index (χ3v) is 6.39. The van der Waals surface area contributed by atoms with Crippen molar-refractivity contribution in [1.82, 2.24) is 10.2 Å². The molecule has 0 aliphatic rings. The number of unbranched alkanes of at least 4 members (excludes halogenated alkanes) is 1. The molecule has 2 rings (SSSR count). The van der Waals surface area contributed by atoms with Crippen LogP contribution in [-0.4, -0.2) is 42.2 Å². The number of amides is 2. The van der Waals surface area contributed by atoms with Gasteiger partial charge in [-0.15, -0.1) is 11.8 Å². The molecular weight excluding hydrogens is 444 g/mol. The van der Waals surface area contributed by atoms with E-state index in [1.165, 1.54) is 0 Å². The van der Waals surface area contributed by atoms with Crippen molar-refractivity contribution in [3.8, 4) is 5.75 Å². The van der Waals surface area contributed by atoms with Gasteiger partial charge in [0.2, 0.25) is 11.8 Å². The van der Waals surface area contributed by atoms with Gasteiger partial charge in [0.15, 0.2) is 0 Å². The summed E-state index contributed by atoms with van der Waals surface area (Å²) in [5.41, 5.74) is 0.962. The number of ether oxygens (including phenoxy) is 1. The van der Waals surface area contributed by atoms with Gasteiger partial charge in [-0.25, -0.2) is 0 Å². The molecule has 1 atom stereocenters. The maximum atomic E-state index is 13.2. The molecule has 0 heterocycles. The number of benzene rings is 2. The molecule has 0 aliphatic heterocycles. The summed E-state index contributed by atoms with van der Waals surface area (Å²) in [5, 5.41) is 3.68. The molecular formula is C25H33ClN2O3S. The summed E-state index contributed by atoms with van der Waals surface area (Å²) >= 11 is 7.55. The average molecular weight is 477 g/mol. The van der Waals surface area contributed by atoms with Gasteiger partial charge in [0.25, 0.3) is 0 Å². The van der Waals surface area contributed by atoms with Gasteiger partial charge in [0.05, 0.1) is 7.11 Å². The second-order valence-electron chi connectivity index (χ2n) is 7.49. The molecule has 5 nitrogen and oxygen atoms in total. The van der Waals surface area contributed by atoms with E-state index in [4.69, 9.17) is 16.3 Å². The van der Waals surface area contributed by atoms with E-state index in [1.54, 1.807) is 23.8 Å². The molecule has 0 radical (unpaired) electrons. The molecule has 0 saturated carbocycles. The van der Waals surface area contributed by atoms with Crippen molar-refractivity contribution in [2.45, 2.75) is 57.0 Å². The lowest BCUT2D eigenvalue weighted by atomic mass is 10.1. The molecule has 0 aliphatic carbocycles. The number of carbonyl (C=O) groups excluding carboxylic acids is 2. The molecule has 0 bridgehead atoms. The first kappa shape index (κ1) is 26.1. The van der Waals surface area contributed by atoms with E-state index in [-0.39, 0.29) is 11.8 Å². The Bertz CT molecular complexity index is 843. The minimum atomic E-state index is -0.498. The fourth-order valence-corrected chi connectivity index (χ4v) is 4.25. The molecule has 1 N–H and O–H groups in total. The van der Waals surface area contributed by atoms with Crippen LogP contribution in [0.3, 0.4) is 0 Å². The van der Waals surface area contributed by atoms with Crippen LogP contribution in [0.5, 0.6) is 5.75 Å². The van der Waals surface area contributed by atoms with Gasteiger partial charge < -0.3 is 15.0 Å². The van der Waals surface area contributed by atoms with Crippen LogP contribution in [0, 0.1) is 0 Å². The third kappa shape index (κ3) is 8.40. The van der Waals surface area contributed by atoms with Crippen molar-refractivity contribution >= 4 is 35.2 Å². The van der Waals surface area contributed by atoms with E-state index in [9.17, 15) is 9.59 Å². The van der Waals surface area contributed by atoms with E-state index in [1.807, 2.05) is 55.5 Å². The van der Waals surface area contributed by atoms with Crippen LogP contribution >= 0.6 is 23.4 Å². The molecule has 7 heteroatoms. The van der Waals surface area contributed by atoms with Gasteiger partial charge in [-0.1, -0.05) is 44.0 Å². The van der Waals surface area contributed by atoms with Crippen molar-refractivity contribution in [2.75, 3.05) is 19.4 Å². The second-order valence-corrected chi connectivity index (χ2v) is 9.10. The lowest BCUT2D eigenvalue weighted by Crippen LogP contribution is -2.49. The topological polar surface area (TPSA) is 58.6 Å². The lowest BCUT2D eigenvalue weighted by molar-refractivity contribution is -0.141. The van der Waals surface area contributed by atoms with Crippen molar-refractivity contribution in [2.24, 2.45) is 0 Å².